The molecule has 6 nitrogen and oxygen atoms in total. The minimum absolute atomic E-state index is 0.0978. The van der Waals surface area contributed by atoms with E-state index in [1.54, 1.807) is 5.47 Å². The second-order valence-corrected chi connectivity index (χ2v) is 36.7. The fourth-order valence-corrected chi connectivity index (χ4v) is 18.9. The van der Waals surface area contributed by atoms with Crippen molar-refractivity contribution >= 4 is 89.7 Å². The summed E-state index contributed by atoms with van der Waals surface area (Å²) in [6.45, 7) is 22.8. The monoisotopic (exact) mass is 1040 g/mol. The minimum Gasteiger partial charge on any atom is -0.457 e. The van der Waals surface area contributed by atoms with E-state index >= 15 is 0 Å². The van der Waals surface area contributed by atoms with Gasteiger partial charge in [0.1, 0.15) is 24.0 Å². The number of allylic oxidation sites excluding steroid dienone is 3. The van der Waals surface area contributed by atoms with Gasteiger partial charge in [-0.3, -0.25) is 4.57 Å². The molecule has 0 saturated heterocycles. The minimum atomic E-state index is -1.74. The van der Waals surface area contributed by atoms with Gasteiger partial charge >= 0.3 is 6.85 Å². The smallest absolute Gasteiger partial charge is 0.316 e. The number of para-hydroxylation sites is 5. The molecule has 0 unspecified atom stereocenters. The number of pyridine rings is 1. The molecule has 2 aromatic heterocycles. The maximum atomic E-state index is 7.20. The van der Waals surface area contributed by atoms with E-state index in [1.807, 2.05) is 0 Å². The van der Waals surface area contributed by atoms with E-state index in [0.717, 1.165) is 52.5 Å². The molecule has 3 aliphatic heterocycles. The molecule has 7 aliphatic rings. The van der Waals surface area contributed by atoms with Crippen molar-refractivity contribution in [3.05, 3.63) is 192 Å². The van der Waals surface area contributed by atoms with Crippen LogP contribution in [0.5, 0.6) is 11.5 Å². The maximum absolute atomic E-state index is 7.20. The van der Waals surface area contributed by atoms with Crippen molar-refractivity contribution in [3.63, 3.8) is 0 Å². The first-order chi connectivity index (χ1) is 37.0. The van der Waals surface area contributed by atoms with Gasteiger partial charge in [0.2, 0.25) is 0 Å². The Morgan fingerprint density at radius 3 is 2.00 bits per heavy atom. The molecule has 15 rings (SSSR count). The summed E-state index contributed by atoms with van der Waals surface area (Å²) in [5.74, 6) is 7.95. The molecule has 0 radical (unpaired) electrons. The predicted molar refractivity (Wildman–Crippen MR) is 331 cm³/mol. The summed E-state index contributed by atoms with van der Waals surface area (Å²) in [7, 11) is -3.47. The van der Waals surface area contributed by atoms with Crippen LogP contribution in [-0.4, -0.2) is 39.2 Å². The van der Waals surface area contributed by atoms with Gasteiger partial charge in [-0.25, -0.2) is 4.98 Å². The van der Waals surface area contributed by atoms with Crippen LogP contribution < -0.4 is 29.7 Å². The Kier molecular flexibility index (Phi) is 11.1. The summed E-state index contributed by atoms with van der Waals surface area (Å²) in [5.41, 5.74) is 13.9. The number of anilines is 5. The summed E-state index contributed by atoms with van der Waals surface area (Å²) < 4.78 is 9.62. The van der Waals surface area contributed by atoms with Gasteiger partial charge in [0, 0.05) is 51.6 Å². The molecule has 4 fully saturated rings. The van der Waals surface area contributed by atoms with Crippen LogP contribution in [0.25, 0.3) is 33.7 Å². The summed E-state index contributed by atoms with van der Waals surface area (Å²) >= 11 is 0. The van der Waals surface area contributed by atoms with Crippen molar-refractivity contribution in [1.82, 2.24) is 9.55 Å². The Hall–Kier alpha value is -6.81. The van der Waals surface area contributed by atoms with Crippen molar-refractivity contribution in [3.8, 4) is 17.3 Å². The van der Waals surface area contributed by atoms with Crippen LogP contribution in [0.1, 0.15) is 69.6 Å². The molecule has 0 N–H and O–H groups in total. The third-order valence-corrected chi connectivity index (χ3v) is 22.8. The van der Waals surface area contributed by atoms with Gasteiger partial charge in [0.15, 0.2) is 0 Å². The van der Waals surface area contributed by atoms with Gasteiger partial charge in [0.05, 0.1) is 38.6 Å². The lowest BCUT2D eigenvalue weighted by Crippen LogP contribution is -2.60. The summed E-state index contributed by atoms with van der Waals surface area (Å²) in [4.78, 5) is 13.0. The van der Waals surface area contributed by atoms with Crippen molar-refractivity contribution in [2.45, 2.75) is 103 Å². The van der Waals surface area contributed by atoms with Gasteiger partial charge in [-0.2, -0.15) is 0 Å². The Bertz CT molecular complexity index is 3730. The number of ether oxygens (including phenoxy) is 1. The lowest BCUT2D eigenvalue weighted by atomic mass is 9.33. The summed E-state index contributed by atoms with van der Waals surface area (Å²) in [5, 5.41) is 5.47. The highest BCUT2D eigenvalue weighted by Gasteiger charge is 2.61. The number of benzene rings is 6. The zero-order chi connectivity index (χ0) is 52.8. The Morgan fingerprint density at radius 1 is 0.623 bits per heavy atom. The second kappa shape index (κ2) is 17.6. The van der Waals surface area contributed by atoms with Crippen molar-refractivity contribution < 1.29 is 4.74 Å². The third kappa shape index (κ3) is 7.79. The van der Waals surface area contributed by atoms with Crippen molar-refractivity contribution in [2.24, 2.45) is 23.7 Å². The van der Waals surface area contributed by atoms with Crippen LogP contribution in [-0.2, 0) is 10.8 Å². The van der Waals surface area contributed by atoms with Gasteiger partial charge in [-0.15, -0.1) is 0 Å². The third-order valence-electron chi connectivity index (χ3n) is 18.8. The van der Waals surface area contributed by atoms with E-state index in [4.69, 9.17) is 9.72 Å². The Balaban J connectivity index is 0.870. The van der Waals surface area contributed by atoms with E-state index in [-0.39, 0.29) is 17.7 Å². The molecule has 8 aromatic rings. The molecule has 0 spiro atoms. The highest BCUT2D eigenvalue weighted by Crippen LogP contribution is 2.66. The predicted octanol–water partition coefficient (Wildman–Crippen LogP) is 16.4. The van der Waals surface area contributed by atoms with E-state index in [2.05, 4.69) is 255 Å². The van der Waals surface area contributed by atoms with E-state index in [1.165, 1.54) is 92.7 Å². The largest absolute Gasteiger partial charge is 0.457 e. The van der Waals surface area contributed by atoms with E-state index < -0.39 is 16.1 Å². The lowest BCUT2D eigenvalue weighted by Gasteiger charge is -2.63. The van der Waals surface area contributed by atoms with Gasteiger partial charge in [0.25, 0.3) is 0 Å². The van der Waals surface area contributed by atoms with Crippen LogP contribution in [0, 0.1) is 23.7 Å². The number of aromatic nitrogens is 2. The van der Waals surface area contributed by atoms with Crippen LogP contribution in [0.15, 0.2) is 176 Å². The topological polar surface area (TPSA) is 36.8 Å². The average Bonchev–Trinajstić information content (AvgIpc) is 4.06. The van der Waals surface area contributed by atoms with Gasteiger partial charge in [-0.1, -0.05) is 150 Å². The van der Waals surface area contributed by atoms with Crippen molar-refractivity contribution in [1.29, 1.82) is 0 Å². The normalized spacial score (nSPS) is 22.5. The zero-order valence-electron chi connectivity index (χ0n) is 46.5. The molecule has 77 heavy (non-hydrogen) atoms. The standard InChI is InChI=1S/C68H72BN5OSi2/c1-67(2,3)49-39-52(71-44-72(60-23-15-14-22-59(60)71)66-62(76(4,5)6)24-16-25-63(66)77(7,8)9)42-54(40-49)75-53-27-28-56-55-19-11-13-21-58(55)74(61(56)43-53)65-41-48(30-32-70-65)68(50-35-45-34-46(37-50)38-51(68)36-45)64-26-17-33-73-57-20-12-10-18-47(57)29-31-69(64)73/h10-33,39-43,45-46,50-51H,34-38,44H2,1-9H3. The van der Waals surface area contributed by atoms with Crippen LogP contribution in [0.2, 0.25) is 39.3 Å². The molecule has 5 heterocycles. The molecule has 4 bridgehead atoms. The summed E-state index contributed by atoms with van der Waals surface area (Å²) in [6, 6.07) is 52.5. The second-order valence-electron chi connectivity index (χ2n) is 26.6. The first-order valence-corrected chi connectivity index (χ1v) is 35.6. The van der Waals surface area contributed by atoms with Crippen LogP contribution in [0.3, 0.4) is 0 Å². The SMILES string of the molecule is CC(C)(C)c1cc(Oc2ccc3c4ccccc4n(-c4cc(C5(C6=CC=CN7B6C=Cc6ccccc67)C6CC7CC(C6)CC5C7)ccn4)c3c2)cc(N2CN(c3c([Si](C)(C)C)cccc3[Si](C)(C)C)c3ccccc32)c1. The summed E-state index contributed by atoms with van der Waals surface area (Å²) in [6.07, 6.45) is 18.3. The molecular weight excluding hydrogens is 970 g/mol. The molecule has 386 valence electrons. The Labute approximate surface area is 458 Å². The van der Waals surface area contributed by atoms with Crippen LogP contribution in [0.4, 0.5) is 28.4 Å². The van der Waals surface area contributed by atoms with Crippen molar-refractivity contribution in [2.75, 3.05) is 21.3 Å². The zero-order valence-corrected chi connectivity index (χ0v) is 48.5. The molecular formula is C68H72BN5OSi2. The highest BCUT2D eigenvalue weighted by atomic mass is 28.3. The fourth-order valence-electron chi connectivity index (χ4n) is 15.6. The number of hydrogen-bond donors (Lipinski definition) is 0. The van der Waals surface area contributed by atoms with E-state index in [0.29, 0.717) is 11.8 Å². The molecule has 0 amide bonds. The fraction of sp³-hybridized carbons (Fsp3) is 0.309. The number of rotatable bonds is 9. The molecule has 4 aliphatic carbocycles. The quantitative estimate of drug-likeness (QED) is 0.135. The van der Waals surface area contributed by atoms with Gasteiger partial charge in [-0.05, 0) is 161 Å². The van der Waals surface area contributed by atoms with Gasteiger partial charge < -0.3 is 19.3 Å². The maximum Gasteiger partial charge on any atom is 0.316 e. The number of fused-ring (bicyclic) bond motifs is 7. The first kappa shape index (κ1) is 48.6. The molecule has 9 heteroatoms. The molecule has 6 aromatic carbocycles. The van der Waals surface area contributed by atoms with Crippen LogP contribution >= 0.6 is 0 Å². The number of hydrogen-bond acceptors (Lipinski definition) is 5. The molecule has 0 atom stereocenters. The number of nitrogens with zero attached hydrogens (tertiary/aromatic N) is 5. The highest BCUT2D eigenvalue weighted by molar-refractivity contribution is 6.93. The average molecular weight is 1040 g/mol. The first-order valence-electron chi connectivity index (χ1n) is 28.6. The lowest BCUT2D eigenvalue weighted by molar-refractivity contribution is -0.0408. The Morgan fingerprint density at radius 2 is 1.29 bits per heavy atom. The van der Waals surface area contributed by atoms with E-state index in [9.17, 15) is 0 Å². The molecule has 4 saturated carbocycles.